The number of hydrogen-bond donors (Lipinski definition) is 1. The molecule has 3 fully saturated rings. The largest absolute Gasteiger partial charge is 0.322 e. The maximum Gasteiger partial charge on any atom is 0.255 e. The Labute approximate surface area is 231 Å². The molecule has 2 aliphatic carbocycles. The third-order valence-corrected chi connectivity index (χ3v) is 9.49. The number of fused-ring (bicyclic) bond motifs is 1. The van der Waals surface area contributed by atoms with E-state index >= 15 is 0 Å². The molecule has 39 heavy (non-hydrogen) atoms. The van der Waals surface area contributed by atoms with Gasteiger partial charge in [0.2, 0.25) is 11.8 Å². The van der Waals surface area contributed by atoms with Gasteiger partial charge in [-0.2, -0.15) is 0 Å². The molecule has 2 aromatic carbocycles. The number of rotatable bonds is 6. The van der Waals surface area contributed by atoms with Gasteiger partial charge in [0, 0.05) is 24.7 Å². The van der Waals surface area contributed by atoms with E-state index in [0.29, 0.717) is 42.3 Å². The van der Waals surface area contributed by atoms with Crippen molar-refractivity contribution < 1.29 is 14.4 Å². The number of hydrogen-bond acceptors (Lipinski definition) is 4. The van der Waals surface area contributed by atoms with Crippen molar-refractivity contribution in [3.63, 3.8) is 0 Å². The molecular weight excluding hydrogens is 486 g/mol. The monoisotopic (exact) mass is 525 g/mol. The van der Waals surface area contributed by atoms with Crippen molar-refractivity contribution >= 4 is 23.9 Å². The maximum absolute atomic E-state index is 13.1. The number of carbonyl (C=O) groups is 3. The normalized spacial score (nSPS) is 29.5. The van der Waals surface area contributed by atoms with Crippen molar-refractivity contribution in [3.8, 4) is 0 Å². The van der Waals surface area contributed by atoms with Crippen LogP contribution in [0.15, 0.2) is 53.5 Å². The lowest BCUT2D eigenvalue weighted by Gasteiger charge is -2.30. The maximum atomic E-state index is 13.1. The van der Waals surface area contributed by atoms with Crippen LogP contribution in [-0.4, -0.2) is 40.9 Å². The number of imide groups is 1. The van der Waals surface area contributed by atoms with Gasteiger partial charge in [-0.05, 0) is 91.9 Å². The molecule has 0 bridgehead atoms. The molecule has 3 atom stereocenters. The summed E-state index contributed by atoms with van der Waals surface area (Å²) in [6.45, 7) is 0.437. The molecule has 6 rings (SSSR count). The first-order valence-corrected chi connectivity index (χ1v) is 14.9. The Hall–Kier alpha value is -3.28. The Kier molecular flexibility index (Phi) is 7.62. The predicted octanol–water partition coefficient (Wildman–Crippen LogP) is 5.59. The minimum absolute atomic E-state index is 0.104. The van der Waals surface area contributed by atoms with Crippen LogP contribution in [0.4, 0.5) is 0 Å². The molecule has 1 saturated heterocycles. The van der Waals surface area contributed by atoms with E-state index in [2.05, 4.69) is 54.0 Å². The van der Waals surface area contributed by atoms with Gasteiger partial charge in [0.05, 0.1) is 6.04 Å². The first kappa shape index (κ1) is 26.0. The number of nitrogens with one attached hydrogen (secondary N) is 1. The second-order valence-electron chi connectivity index (χ2n) is 12.0. The van der Waals surface area contributed by atoms with E-state index in [-0.39, 0.29) is 24.1 Å². The van der Waals surface area contributed by atoms with Crippen LogP contribution in [-0.2, 0) is 22.6 Å². The molecule has 3 amide bonds. The molecule has 2 saturated carbocycles. The third-order valence-electron chi connectivity index (χ3n) is 9.49. The van der Waals surface area contributed by atoms with Gasteiger partial charge < -0.3 is 4.90 Å². The molecule has 1 N–H and O–H groups in total. The molecule has 204 valence electrons. The highest BCUT2D eigenvalue weighted by Crippen LogP contribution is 2.36. The van der Waals surface area contributed by atoms with Crippen LogP contribution in [0.3, 0.4) is 0 Å². The van der Waals surface area contributed by atoms with Gasteiger partial charge in [0.25, 0.3) is 5.91 Å². The van der Waals surface area contributed by atoms with Crippen LogP contribution in [0, 0.1) is 11.8 Å². The Morgan fingerprint density at radius 1 is 0.897 bits per heavy atom. The first-order valence-electron chi connectivity index (χ1n) is 14.9. The van der Waals surface area contributed by atoms with Gasteiger partial charge in [-0.3, -0.25) is 24.7 Å². The Balaban J connectivity index is 1.07. The number of nitrogens with zero attached hydrogens (tertiary/aromatic N) is 2. The van der Waals surface area contributed by atoms with Crippen molar-refractivity contribution in [1.82, 2.24) is 10.2 Å². The van der Waals surface area contributed by atoms with Crippen molar-refractivity contribution in [2.45, 2.75) is 95.2 Å². The lowest BCUT2D eigenvalue weighted by atomic mass is 9.78. The fourth-order valence-electron chi connectivity index (χ4n) is 7.24. The van der Waals surface area contributed by atoms with E-state index in [1.54, 1.807) is 4.90 Å². The molecule has 6 heteroatoms. The predicted molar refractivity (Wildman–Crippen MR) is 152 cm³/mol. The van der Waals surface area contributed by atoms with Crippen LogP contribution in [0.1, 0.15) is 97.2 Å². The smallest absolute Gasteiger partial charge is 0.255 e. The van der Waals surface area contributed by atoms with Gasteiger partial charge in [-0.25, -0.2) is 0 Å². The number of piperidine rings is 1. The highest BCUT2D eigenvalue weighted by molar-refractivity contribution is 6.05. The Bertz CT molecular complexity index is 1250. The molecule has 6 nitrogen and oxygen atoms in total. The van der Waals surface area contributed by atoms with Crippen molar-refractivity contribution in [2.75, 3.05) is 0 Å². The summed E-state index contributed by atoms with van der Waals surface area (Å²) in [7, 11) is 0. The van der Waals surface area contributed by atoms with Crippen LogP contribution in [0.2, 0.25) is 0 Å². The zero-order valence-corrected chi connectivity index (χ0v) is 22.7. The van der Waals surface area contributed by atoms with Gasteiger partial charge in [-0.15, -0.1) is 0 Å². The first-order chi connectivity index (χ1) is 19.0. The van der Waals surface area contributed by atoms with Crippen molar-refractivity contribution in [1.29, 1.82) is 0 Å². The second kappa shape index (κ2) is 11.4. The summed E-state index contributed by atoms with van der Waals surface area (Å²) in [6.07, 6.45) is 13.8. The van der Waals surface area contributed by atoms with E-state index in [1.807, 2.05) is 6.07 Å². The van der Waals surface area contributed by atoms with E-state index in [9.17, 15) is 14.4 Å². The third kappa shape index (κ3) is 5.70. The zero-order valence-electron chi connectivity index (χ0n) is 22.7. The average Bonchev–Trinajstić information content (AvgIpc) is 3.28. The number of amides is 3. The molecule has 2 aromatic rings. The van der Waals surface area contributed by atoms with Crippen LogP contribution < -0.4 is 5.32 Å². The molecule has 2 aliphatic heterocycles. The minimum atomic E-state index is -0.564. The number of aliphatic imine (C=N–C) groups is 1. The van der Waals surface area contributed by atoms with Crippen LogP contribution >= 0.6 is 0 Å². The Morgan fingerprint density at radius 2 is 1.69 bits per heavy atom. The fourth-order valence-corrected chi connectivity index (χ4v) is 7.24. The van der Waals surface area contributed by atoms with Crippen molar-refractivity contribution in [3.05, 3.63) is 70.8 Å². The molecule has 0 aromatic heterocycles. The standard InChI is InChI=1S/C33H39N3O3/c37-31-17-16-30(32(38)35-31)36-21-27-19-23(12-15-28(27)33(36)39)18-26-8-4-5-9-29(26)34-20-22-10-13-25(14-11-22)24-6-2-1-3-7-24/h1-3,6-7,12,15,19-20,22,25-26,29-30H,4-5,8-11,13-14,16-18,21H2,(H,35,37,38)/t22?,25?,26-,29+,30?/m1/s1. The number of carbonyl (C=O) groups excluding carboxylic acids is 3. The highest BCUT2D eigenvalue weighted by Gasteiger charge is 2.39. The summed E-state index contributed by atoms with van der Waals surface area (Å²) >= 11 is 0. The summed E-state index contributed by atoms with van der Waals surface area (Å²) < 4.78 is 0. The lowest BCUT2D eigenvalue weighted by Crippen LogP contribution is -2.52. The average molecular weight is 526 g/mol. The molecule has 2 heterocycles. The summed E-state index contributed by atoms with van der Waals surface area (Å²) in [6, 6.07) is 16.9. The molecule has 4 aliphatic rings. The minimum Gasteiger partial charge on any atom is -0.322 e. The van der Waals surface area contributed by atoms with E-state index in [0.717, 1.165) is 18.4 Å². The van der Waals surface area contributed by atoms with Gasteiger partial charge in [0.15, 0.2) is 0 Å². The van der Waals surface area contributed by atoms with Crippen molar-refractivity contribution in [2.24, 2.45) is 16.8 Å². The summed E-state index contributed by atoms with van der Waals surface area (Å²) in [5.41, 5.74) is 4.42. The SMILES string of the molecule is O=C1CCC(N2Cc3cc(C[C@H]4CCCC[C@@H]4N=CC4CCC(c5ccccc5)CC4)ccc3C2=O)C(=O)N1. The van der Waals surface area contributed by atoms with Gasteiger partial charge >= 0.3 is 0 Å². The summed E-state index contributed by atoms with van der Waals surface area (Å²) in [4.78, 5) is 43.8. The Morgan fingerprint density at radius 3 is 2.49 bits per heavy atom. The fraction of sp³-hybridized carbons (Fsp3) is 0.515. The van der Waals surface area contributed by atoms with Crippen LogP contribution in [0.5, 0.6) is 0 Å². The molecule has 0 radical (unpaired) electrons. The second-order valence-corrected chi connectivity index (χ2v) is 12.0. The molecular formula is C33H39N3O3. The lowest BCUT2D eigenvalue weighted by molar-refractivity contribution is -0.136. The van der Waals surface area contributed by atoms with E-state index in [1.165, 1.54) is 56.1 Å². The van der Waals surface area contributed by atoms with E-state index in [4.69, 9.17) is 4.99 Å². The van der Waals surface area contributed by atoms with Gasteiger partial charge in [0.1, 0.15) is 6.04 Å². The topological polar surface area (TPSA) is 78.8 Å². The molecule has 1 unspecified atom stereocenters. The summed E-state index contributed by atoms with van der Waals surface area (Å²) in [5.74, 6) is 1.09. The summed E-state index contributed by atoms with van der Waals surface area (Å²) in [5, 5.41) is 2.38. The zero-order chi connectivity index (χ0) is 26.8. The number of benzene rings is 2. The van der Waals surface area contributed by atoms with E-state index < -0.39 is 6.04 Å². The van der Waals surface area contributed by atoms with Gasteiger partial charge in [-0.1, -0.05) is 55.3 Å². The molecule has 0 spiro atoms. The van der Waals surface area contributed by atoms with Crippen LogP contribution in [0.25, 0.3) is 0 Å². The highest BCUT2D eigenvalue weighted by atomic mass is 16.2. The quantitative estimate of drug-likeness (QED) is 0.394.